The van der Waals surface area contributed by atoms with Crippen LogP contribution in [0.5, 0.6) is 5.75 Å². The van der Waals surface area contributed by atoms with E-state index in [9.17, 15) is 9.90 Å². The molecular weight excluding hydrogens is 304 g/mol. The molecule has 1 amide bonds. The number of methoxy groups -OCH3 is 1. The van der Waals surface area contributed by atoms with Gasteiger partial charge < -0.3 is 15.2 Å². The molecule has 0 bridgehead atoms. The van der Waals surface area contributed by atoms with Crippen molar-refractivity contribution in [3.8, 4) is 5.75 Å². The maximum absolute atomic E-state index is 12.0. The topological polar surface area (TPSA) is 71.5 Å². The average molecular weight is 321 g/mol. The fraction of sp³-hybridized carbons (Fsp3) is 0.250. The molecule has 0 saturated carbocycles. The third kappa shape index (κ3) is 4.19. The molecule has 0 radical (unpaired) electrons. The van der Waals surface area contributed by atoms with Crippen LogP contribution in [0.1, 0.15) is 21.8 Å². The van der Waals surface area contributed by atoms with Crippen molar-refractivity contribution in [2.75, 3.05) is 20.3 Å². The molecule has 2 aromatic rings. The standard InChI is InChI=1S/C16H17ClN2O3/c1-22-14-4-2-11(3-5-14)13(10-20)9-19-16(21)12-6-7-18-15(17)8-12/h2-8,13,20H,9-10H2,1H3,(H,19,21)/t13-/m1/s1. The van der Waals surface area contributed by atoms with Crippen LogP contribution in [0.4, 0.5) is 0 Å². The number of carbonyl (C=O) groups excluding carboxylic acids is 1. The largest absolute Gasteiger partial charge is 0.497 e. The molecule has 1 heterocycles. The smallest absolute Gasteiger partial charge is 0.251 e. The maximum atomic E-state index is 12.0. The summed E-state index contributed by atoms with van der Waals surface area (Å²) in [7, 11) is 1.60. The van der Waals surface area contributed by atoms with Gasteiger partial charge in [0.2, 0.25) is 0 Å². The van der Waals surface area contributed by atoms with Gasteiger partial charge in [0, 0.05) is 24.2 Å². The minimum atomic E-state index is -0.253. The second-order valence-corrected chi connectivity index (χ2v) is 5.12. The third-order valence-corrected chi connectivity index (χ3v) is 3.51. The normalized spacial score (nSPS) is 11.8. The Balaban J connectivity index is 1.99. The second-order valence-electron chi connectivity index (χ2n) is 4.73. The monoisotopic (exact) mass is 320 g/mol. The van der Waals surface area contributed by atoms with Gasteiger partial charge in [0.1, 0.15) is 10.9 Å². The Hall–Kier alpha value is -2.11. The summed E-state index contributed by atoms with van der Waals surface area (Å²) in [5, 5.41) is 12.6. The first kappa shape index (κ1) is 16.3. The molecule has 0 saturated heterocycles. The average Bonchev–Trinajstić information content (AvgIpc) is 2.55. The number of carbonyl (C=O) groups is 1. The Kier molecular flexibility index (Phi) is 5.75. The van der Waals surface area contributed by atoms with Crippen molar-refractivity contribution < 1.29 is 14.6 Å². The molecule has 22 heavy (non-hydrogen) atoms. The van der Waals surface area contributed by atoms with E-state index >= 15 is 0 Å². The SMILES string of the molecule is COc1ccc([C@@H](CO)CNC(=O)c2ccnc(Cl)c2)cc1. The summed E-state index contributed by atoms with van der Waals surface area (Å²) in [6.07, 6.45) is 1.48. The lowest BCUT2D eigenvalue weighted by Crippen LogP contribution is -2.29. The van der Waals surface area contributed by atoms with E-state index in [2.05, 4.69) is 10.3 Å². The summed E-state index contributed by atoms with van der Waals surface area (Å²) < 4.78 is 5.10. The van der Waals surface area contributed by atoms with Crippen LogP contribution >= 0.6 is 11.6 Å². The first-order valence-corrected chi connectivity index (χ1v) is 7.16. The summed E-state index contributed by atoms with van der Waals surface area (Å²) in [6.45, 7) is 0.255. The lowest BCUT2D eigenvalue weighted by atomic mass is 10.00. The van der Waals surface area contributed by atoms with Crippen LogP contribution in [-0.4, -0.2) is 36.3 Å². The van der Waals surface area contributed by atoms with E-state index in [1.165, 1.54) is 12.3 Å². The van der Waals surface area contributed by atoms with E-state index < -0.39 is 0 Å². The Morgan fingerprint density at radius 2 is 2.09 bits per heavy atom. The minimum absolute atomic E-state index is 0.0658. The molecule has 1 aromatic heterocycles. The number of aromatic nitrogens is 1. The first-order valence-electron chi connectivity index (χ1n) is 6.78. The molecule has 0 aliphatic heterocycles. The number of pyridine rings is 1. The zero-order valence-electron chi connectivity index (χ0n) is 12.1. The van der Waals surface area contributed by atoms with Crippen LogP contribution in [0.2, 0.25) is 5.15 Å². The Morgan fingerprint density at radius 3 is 2.68 bits per heavy atom. The van der Waals surface area contributed by atoms with Gasteiger partial charge >= 0.3 is 0 Å². The van der Waals surface area contributed by atoms with E-state index in [4.69, 9.17) is 16.3 Å². The molecule has 2 rings (SSSR count). The highest BCUT2D eigenvalue weighted by atomic mass is 35.5. The Morgan fingerprint density at radius 1 is 1.36 bits per heavy atom. The maximum Gasteiger partial charge on any atom is 0.251 e. The Labute approximate surface area is 133 Å². The predicted molar refractivity (Wildman–Crippen MR) is 84.4 cm³/mol. The number of aliphatic hydroxyl groups excluding tert-OH is 1. The molecule has 6 heteroatoms. The fourth-order valence-corrected chi connectivity index (χ4v) is 2.20. The van der Waals surface area contributed by atoms with E-state index in [-0.39, 0.29) is 23.6 Å². The lowest BCUT2D eigenvalue weighted by molar-refractivity contribution is 0.0947. The zero-order valence-corrected chi connectivity index (χ0v) is 12.9. The van der Waals surface area contributed by atoms with Crippen molar-refractivity contribution in [3.05, 3.63) is 58.9 Å². The van der Waals surface area contributed by atoms with Crippen LogP contribution in [0.15, 0.2) is 42.6 Å². The van der Waals surface area contributed by atoms with Crippen molar-refractivity contribution in [2.24, 2.45) is 0 Å². The molecule has 0 aliphatic carbocycles. The van der Waals surface area contributed by atoms with Gasteiger partial charge in [-0.25, -0.2) is 4.98 Å². The van der Waals surface area contributed by atoms with Crippen LogP contribution in [0.3, 0.4) is 0 Å². The number of halogens is 1. The molecule has 0 spiro atoms. The number of hydrogen-bond donors (Lipinski definition) is 2. The van der Waals surface area contributed by atoms with Gasteiger partial charge in [-0.2, -0.15) is 0 Å². The second kappa shape index (κ2) is 7.77. The summed E-state index contributed by atoms with van der Waals surface area (Å²) in [5.41, 5.74) is 1.36. The van der Waals surface area contributed by atoms with E-state index in [0.717, 1.165) is 11.3 Å². The van der Waals surface area contributed by atoms with Gasteiger partial charge in [-0.05, 0) is 29.8 Å². The molecule has 1 aromatic carbocycles. The Bertz CT molecular complexity index is 632. The van der Waals surface area contributed by atoms with E-state index in [0.29, 0.717) is 12.1 Å². The van der Waals surface area contributed by atoms with Gasteiger partial charge in [0.25, 0.3) is 5.91 Å². The molecule has 5 nitrogen and oxygen atoms in total. The van der Waals surface area contributed by atoms with Crippen LogP contribution < -0.4 is 10.1 Å². The quantitative estimate of drug-likeness (QED) is 0.801. The van der Waals surface area contributed by atoms with Crippen LogP contribution in [-0.2, 0) is 0 Å². The highest BCUT2D eigenvalue weighted by Crippen LogP contribution is 2.19. The van der Waals surface area contributed by atoms with E-state index in [1.807, 2.05) is 24.3 Å². The van der Waals surface area contributed by atoms with Crippen molar-refractivity contribution in [1.29, 1.82) is 0 Å². The minimum Gasteiger partial charge on any atom is -0.497 e. The number of aliphatic hydroxyl groups is 1. The number of rotatable bonds is 6. The zero-order chi connectivity index (χ0) is 15.9. The third-order valence-electron chi connectivity index (χ3n) is 3.31. The highest BCUT2D eigenvalue weighted by molar-refractivity contribution is 6.29. The molecular formula is C16H17ClN2O3. The molecule has 2 N–H and O–H groups in total. The van der Waals surface area contributed by atoms with Gasteiger partial charge in [-0.15, -0.1) is 0 Å². The van der Waals surface area contributed by atoms with Crippen molar-refractivity contribution in [2.45, 2.75) is 5.92 Å². The summed E-state index contributed by atoms with van der Waals surface area (Å²) in [4.78, 5) is 15.9. The summed E-state index contributed by atoms with van der Waals surface area (Å²) in [5.74, 6) is 0.305. The first-order chi connectivity index (χ1) is 10.6. The molecule has 0 fully saturated rings. The number of benzene rings is 1. The van der Waals surface area contributed by atoms with Crippen molar-refractivity contribution >= 4 is 17.5 Å². The molecule has 116 valence electrons. The van der Waals surface area contributed by atoms with Gasteiger partial charge in [-0.3, -0.25) is 4.79 Å². The van der Waals surface area contributed by atoms with Crippen molar-refractivity contribution in [3.63, 3.8) is 0 Å². The number of hydrogen-bond acceptors (Lipinski definition) is 4. The molecule has 0 aliphatic rings. The molecule has 0 unspecified atom stereocenters. The van der Waals surface area contributed by atoms with Gasteiger partial charge in [0.05, 0.1) is 13.7 Å². The number of nitrogens with one attached hydrogen (secondary N) is 1. The lowest BCUT2D eigenvalue weighted by Gasteiger charge is -2.16. The number of ether oxygens (including phenoxy) is 1. The van der Waals surface area contributed by atoms with Gasteiger partial charge in [-0.1, -0.05) is 23.7 Å². The van der Waals surface area contributed by atoms with E-state index in [1.54, 1.807) is 13.2 Å². The number of nitrogens with zero attached hydrogens (tertiary/aromatic N) is 1. The van der Waals surface area contributed by atoms with Gasteiger partial charge in [0.15, 0.2) is 0 Å². The highest BCUT2D eigenvalue weighted by Gasteiger charge is 2.13. The van der Waals surface area contributed by atoms with Crippen LogP contribution in [0, 0.1) is 0 Å². The summed E-state index contributed by atoms with van der Waals surface area (Å²) >= 11 is 5.76. The molecule has 1 atom stereocenters. The van der Waals surface area contributed by atoms with Crippen molar-refractivity contribution in [1.82, 2.24) is 10.3 Å². The fourth-order valence-electron chi connectivity index (χ4n) is 2.03. The summed E-state index contributed by atoms with van der Waals surface area (Å²) in [6, 6.07) is 10.5. The number of amides is 1. The predicted octanol–water partition coefficient (Wildman–Crippen LogP) is 2.25. The van der Waals surface area contributed by atoms with Crippen LogP contribution in [0.25, 0.3) is 0 Å².